The van der Waals surface area contributed by atoms with E-state index in [-0.39, 0.29) is 12.0 Å². The zero-order valence-electron chi connectivity index (χ0n) is 10.9. The van der Waals surface area contributed by atoms with Crippen molar-refractivity contribution in [1.82, 2.24) is 5.32 Å². The van der Waals surface area contributed by atoms with Crippen molar-refractivity contribution in [3.8, 4) is 11.5 Å². The lowest BCUT2D eigenvalue weighted by Crippen LogP contribution is -2.41. The second kappa shape index (κ2) is 5.96. The highest BCUT2D eigenvalue weighted by Crippen LogP contribution is 2.30. The van der Waals surface area contributed by atoms with E-state index in [9.17, 15) is 4.79 Å². The monoisotopic (exact) mass is 289 g/mol. The second-order valence-electron chi connectivity index (χ2n) is 4.56. The van der Waals surface area contributed by atoms with Crippen LogP contribution in [0.2, 0.25) is 0 Å². The Kier molecular flexibility index (Phi) is 3.87. The van der Waals surface area contributed by atoms with Crippen LogP contribution in [0, 0.1) is 0 Å². The Balaban J connectivity index is 1.49. The number of carbonyl (C=O) groups excluding carboxylic acids is 1. The van der Waals surface area contributed by atoms with Gasteiger partial charge in [0.05, 0.1) is 13.0 Å². The molecule has 5 heteroatoms. The van der Waals surface area contributed by atoms with Crippen LogP contribution in [0.4, 0.5) is 0 Å². The van der Waals surface area contributed by atoms with Gasteiger partial charge in [0.15, 0.2) is 11.5 Å². The van der Waals surface area contributed by atoms with Crippen molar-refractivity contribution in [2.45, 2.75) is 12.5 Å². The lowest BCUT2D eigenvalue weighted by molar-refractivity contribution is -0.120. The number of ether oxygens (including phenoxy) is 2. The molecule has 1 amide bonds. The number of nitrogens with one attached hydrogen (secondary N) is 1. The first-order chi connectivity index (χ1) is 9.81. The average molecular weight is 289 g/mol. The smallest absolute Gasteiger partial charge is 0.225 e. The molecule has 2 aromatic rings. The average Bonchev–Trinajstić information content (AvgIpc) is 2.98. The van der Waals surface area contributed by atoms with Gasteiger partial charge in [-0.05, 0) is 23.6 Å². The largest absolute Gasteiger partial charge is 0.486 e. The molecule has 0 fully saturated rings. The number of amides is 1. The van der Waals surface area contributed by atoms with Crippen LogP contribution in [0.15, 0.2) is 41.8 Å². The van der Waals surface area contributed by atoms with E-state index in [0.717, 1.165) is 16.4 Å². The number of rotatable bonds is 4. The standard InChI is InChI=1S/C15H15NO3S/c17-15(8-12-4-3-7-20-12)16-9-11-10-18-13-5-1-2-6-14(13)19-11/h1-7,11H,8-10H2,(H,16,17)/t11-/m0/s1. The first-order valence-electron chi connectivity index (χ1n) is 6.49. The summed E-state index contributed by atoms with van der Waals surface area (Å²) < 4.78 is 11.4. The van der Waals surface area contributed by atoms with Crippen molar-refractivity contribution in [2.75, 3.05) is 13.2 Å². The molecule has 1 aliphatic heterocycles. The number of carbonyl (C=O) groups is 1. The summed E-state index contributed by atoms with van der Waals surface area (Å²) in [6.45, 7) is 0.912. The lowest BCUT2D eigenvalue weighted by Gasteiger charge is -2.26. The van der Waals surface area contributed by atoms with E-state index in [1.165, 1.54) is 0 Å². The van der Waals surface area contributed by atoms with Gasteiger partial charge in [-0.2, -0.15) is 0 Å². The highest BCUT2D eigenvalue weighted by molar-refractivity contribution is 7.10. The molecule has 4 nitrogen and oxygen atoms in total. The third kappa shape index (κ3) is 3.11. The van der Waals surface area contributed by atoms with Crippen LogP contribution in [-0.4, -0.2) is 25.2 Å². The Hall–Kier alpha value is -2.01. The van der Waals surface area contributed by atoms with Gasteiger partial charge in [0.1, 0.15) is 12.7 Å². The molecule has 0 spiro atoms. The van der Waals surface area contributed by atoms with E-state index in [4.69, 9.17) is 9.47 Å². The summed E-state index contributed by atoms with van der Waals surface area (Å²) >= 11 is 1.59. The minimum atomic E-state index is -0.141. The normalized spacial score (nSPS) is 16.7. The first-order valence-corrected chi connectivity index (χ1v) is 7.37. The maximum atomic E-state index is 11.8. The molecule has 1 aromatic carbocycles. The number of benzene rings is 1. The molecule has 2 heterocycles. The van der Waals surface area contributed by atoms with Crippen LogP contribution in [0.5, 0.6) is 11.5 Å². The van der Waals surface area contributed by atoms with Gasteiger partial charge in [0, 0.05) is 4.88 Å². The van der Waals surface area contributed by atoms with Gasteiger partial charge in [-0.15, -0.1) is 11.3 Å². The summed E-state index contributed by atoms with van der Waals surface area (Å²) in [5.41, 5.74) is 0. The molecular formula is C15H15NO3S. The van der Waals surface area contributed by atoms with Gasteiger partial charge >= 0.3 is 0 Å². The number of thiophene rings is 1. The van der Waals surface area contributed by atoms with Crippen LogP contribution in [0.25, 0.3) is 0 Å². The molecule has 0 unspecified atom stereocenters. The summed E-state index contributed by atoms with van der Waals surface area (Å²) in [6.07, 6.45) is 0.277. The maximum absolute atomic E-state index is 11.8. The van der Waals surface area contributed by atoms with E-state index < -0.39 is 0 Å². The molecule has 1 aliphatic rings. The zero-order valence-corrected chi connectivity index (χ0v) is 11.7. The maximum Gasteiger partial charge on any atom is 0.225 e. The van der Waals surface area contributed by atoms with Crippen LogP contribution in [0.1, 0.15) is 4.88 Å². The Morgan fingerprint density at radius 3 is 2.90 bits per heavy atom. The van der Waals surface area contributed by atoms with E-state index >= 15 is 0 Å². The molecule has 1 atom stereocenters. The first kappa shape index (κ1) is 13.0. The van der Waals surface area contributed by atoms with Gasteiger partial charge in [-0.3, -0.25) is 4.79 Å². The molecular weight excluding hydrogens is 274 g/mol. The van der Waals surface area contributed by atoms with Gasteiger partial charge in [-0.25, -0.2) is 0 Å². The third-order valence-corrected chi connectivity index (χ3v) is 3.89. The van der Waals surface area contributed by atoms with Crippen LogP contribution in [-0.2, 0) is 11.2 Å². The molecule has 20 heavy (non-hydrogen) atoms. The Labute approximate surface area is 121 Å². The highest BCUT2D eigenvalue weighted by atomic mass is 32.1. The zero-order chi connectivity index (χ0) is 13.8. The fourth-order valence-electron chi connectivity index (χ4n) is 2.03. The van der Waals surface area contributed by atoms with Crippen molar-refractivity contribution in [2.24, 2.45) is 0 Å². The van der Waals surface area contributed by atoms with Crippen molar-refractivity contribution in [1.29, 1.82) is 0 Å². The topological polar surface area (TPSA) is 47.6 Å². The summed E-state index contributed by atoms with van der Waals surface area (Å²) in [5.74, 6) is 1.50. The van der Waals surface area contributed by atoms with Crippen LogP contribution < -0.4 is 14.8 Å². The molecule has 0 saturated heterocycles. The Morgan fingerprint density at radius 2 is 2.10 bits per heavy atom. The van der Waals surface area contributed by atoms with Gasteiger partial charge < -0.3 is 14.8 Å². The predicted octanol–water partition coefficient (Wildman–Crippen LogP) is 2.25. The molecule has 0 saturated carbocycles. The number of hydrogen-bond acceptors (Lipinski definition) is 4. The molecule has 0 aliphatic carbocycles. The molecule has 0 bridgehead atoms. The van der Waals surface area contributed by atoms with Crippen molar-refractivity contribution < 1.29 is 14.3 Å². The van der Waals surface area contributed by atoms with Crippen LogP contribution in [0.3, 0.4) is 0 Å². The Morgan fingerprint density at radius 1 is 1.25 bits per heavy atom. The lowest BCUT2D eigenvalue weighted by atomic mass is 10.2. The highest BCUT2D eigenvalue weighted by Gasteiger charge is 2.20. The number of fused-ring (bicyclic) bond motifs is 1. The van der Waals surface area contributed by atoms with Gasteiger partial charge in [0.25, 0.3) is 0 Å². The fraction of sp³-hybridized carbons (Fsp3) is 0.267. The van der Waals surface area contributed by atoms with E-state index in [1.807, 2.05) is 41.8 Å². The van der Waals surface area contributed by atoms with E-state index in [1.54, 1.807) is 11.3 Å². The minimum Gasteiger partial charge on any atom is -0.486 e. The fourth-order valence-corrected chi connectivity index (χ4v) is 2.73. The van der Waals surface area contributed by atoms with Crippen molar-refractivity contribution in [3.63, 3.8) is 0 Å². The minimum absolute atomic E-state index is 0.00917. The quantitative estimate of drug-likeness (QED) is 0.939. The predicted molar refractivity (Wildman–Crippen MR) is 77.4 cm³/mol. The number of hydrogen-bond donors (Lipinski definition) is 1. The molecule has 0 radical (unpaired) electrons. The van der Waals surface area contributed by atoms with E-state index in [0.29, 0.717) is 19.6 Å². The molecule has 1 N–H and O–H groups in total. The van der Waals surface area contributed by atoms with Crippen LogP contribution >= 0.6 is 11.3 Å². The summed E-state index contributed by atoms with van der Waals surface area (Å²) in [7, 11) is 0. The molecule has 1 aromatic heterocycles. The second-order valence-corrected chi connectivity index (χ2v) is 5.59. The van der Waals surface area contributed by atoms with Crippen molar-refractivity contribution in [3.05, 3.63) is 46.7 Å². The van der Waals surface area contributed by atoms with Gasteiger partial charge in [0.2, 0.25) is 5.91 Å². The SMILES string of the molecule is O=C(Cc1cccs1)NC[C@H]1COc2ccccc2O1. The summed E-state index contributed by atoms with van der Waals surface area (Å²) in [6, 6.07) is 11.5. The molecule has 3 rings (SSSR count). The Bertz CT molecular complexity index is 583. The summed E-state index contributed by atoms with van der Waals surface area (Å²) in [4.78, 5) is 12.9. The van der Waals surface area contributed by atoms with Gasteiger partial charge in [-0.1, -0.05) is 18.2 Å². The summed E-state index contributed by atoms with van der Waals surface area (Å²) in [5, 5.41) is 4.85. The third-order valence-electron chi connectivity index (χ3n) is 3.01. The molecule has 104 valence electrons. The van der Waals surface area contributed by atoms with Crippen molar-refractivity contribution >= 4 is 17.2 Å². The van der Waals surface area contributed by atoms with E-state index in [2.05, 4.69) is 5.32 Å². The number of para-hydroxylation sites is 2.